The minimum absolute atomic E-state index is 0.853. The Balaban J connectivity index is 1.96. The third kappa shape index (κ3) is 3.53. The molecular weight excluding hydrogens is 152 g/mol. The third-order valence-electron chi connectivity index (χ3n) is 1.61. The minimum atomic E-state index is 0.853. The fraction of sp³-hybridized carbons (Fsp3) is 0.667. The zero-order valence-electron chi connectivity index (χ0n) is 7.57. The number of ether oxygens (including phenoxy) is 1. The van der Waals surface area contributed by atoms with Crippen LogP contribution in [-0.4, -0.2) is 22.8 Å². The molecule has 1 aromatic heterocycles. The maximum Gasteiger partial charge on any atom is 0.0945 e. The summed E-state index contributed by atoms with van der Waals surface area (Å²) in [6, 6.07) is 0. The van der Waals surface area contributed by atoms with Gasteiger partial charge in [-0.1, -0.05) is 6.92 Å². The van der Waals surface area contributed by atoms with Crippen molar-refractivity contribution >= 4 is 0 Å². The second-order valence-corrected chi connectivity index (χ2v) is 2.77. The molecule has 3 heteroatoms. The third-order valence-corrected chi connectivity index (χ3v) is 1.61. The second kappa shape index (κ2) is 5.77. The van der Waals surface area contributed by atoms with Crippen LogP contribution < -0.4 is 0 Å². The average molecular weight is 168 g/mol. The topological polar surface area (TPSA) is 27.1 Å². The van der Waals surface area contributed by atoms with E-state index in [9.17, 15) is 0 Å². The van der Waals surface area contributed by atoms with Gasteiger partial charge in [0.15, 0.2) is 0 Å². The molecule has 0 N–H and O–H groups in total. The van der Waals surface area contributed by atoms with Gasteiger partial charge in [0.25, 0.3) is 0 Å². The van der Waals surface area contributed by atoms with Crippen molar-refractivity contribution < 1.29 is 4.74 Å². The van der Waals surface area contributed by atoms with Crippen molar-refractivity contribution in [3.05, 3.63) is 18.7 Å². The Morgan fingerprint density at radius 2 is 2.33 bits per heavy atom. The van der Waals surface area contributed by atoms with E-state index >= 15 is 0 Å². The van der Waals surface area contributed by atoms with Gasteiger partial charge < -0.3 is 9.30 Å². The molecule has 0 atom stereocenters. The van der Waals surface area contributed by atoms with Gasteiger partial charge in [-0.25, -0.2) is 4.98 Å². The van der Waals surface area contributed by atoms with Crippen LogP contribution in [0, 0.1) is 0 Å². The van der Waals surface area contributed by atoms with Crippen molar-refractivity contribution in [2.24, 2.45) is 0 Å². The lowest BCUT2D eigenvalue weighted by atomic mass is 10.4. The first-order chi connectivity index (χ1) is 5.93. The van der Waals surface area contributed by atoms with Crippen LogP contribution in [0.3, 0.4) is 0 Å². The van der Waals surface area contributed by atoms with Crippen LogP contribution >= 0.6 is 0 Å². The highest BCUT2D eigenvalue weighted by Gasteiger charge is 1.89. The van der Waals surface area contributed by atoms with Gasteiger partial charge in [-0.2, -0.15) is 0 Å². The molecule has 0 aliphatic heterocycles. The Kier molecular flexibility index (Phi) is 4.46. The fourth-order valence-electron chi connectivity index (χ4n) is 1.01. The highest BCUT2D eigenvalue weighted by atomic mass is 16.5. The largest absolute Gasteiger partial charge is 0.381 e. The van der Waals surface area contributed by atoms with E-state index in [1.165, 1.54) is 0 Å². The molecule has 0 spiro atoms. The standard InChI is InChI=1S/C9H16N2O/c1-2-7-12-8-3-5-11-6-4-10-9-11/h4,6,9H,2-3,5,7-8H2,1H3. The Labute approximate surface area is 73.4 Å². The first-order valence-electron chi connectivity index (χ1n) is 4.47. The lowest BCUT2D eigenvalue weighted by Crippen LogP contribution is -2.01. The Morgan fingerprint density at radius 3 is 3.00 bits per heavy atom. The normalized spacial score (nSPS) is 10.4. The molecule has 1 aromatic rings. The number of aryl methyl sites for hydroxylation is 1. The fourth-order valence-corrected chi connectivity index (χ4v) is 1.01. The summed E-state index contributed by atoms with van der Waals surface area (Å²) in [5, 5.41) is 0. The summed E-state index contributed by atoms with van der Waals surface area (Å²) in [6.45, 7) is 4.86. The second-order valence-electron chi connectivity index (χ2n) is 2.77. The lowest BCUT2D eigenvalue weighted by molar-refractivity contribution is 0.129. The van der Waals surface area contributed by atoms with Gasteiger partial charge >= 0.3 is 0 Å². The first kappa shape index (κ1) is 9.26. The van der Waals surface area contributed by atoms with Gasteiger partial charge in [0.1, 0.15) is 0 Å². The van der Waals surface area contributed by atoms with Crippen LogP contribution in [-0.2, 0) is 11.3 Å². The molecule has 0 unspecified atom stereocenters. The average Bonchev–Trinajstić information content (AvgIpc) is 2.57. The van der Waals surface area contributed by atoms with Crippen LogP contribution in [0.4, 0.5) is 0 Å². The zero-order chi connectivity index (χ0) is 8.65. The molecule has 1 heterocycles. The summed E-state index contributed by atoms with van der Waals surface area (Å²) in [4.78, 5) is 3.96. The van der Waals surface area contributed by atoms with Crippen LogP contribution in [0.25, 0.3) is 0 Å². The smallest absolute Gasteiger partial charge is 0.0945 e. The summed E-state index contributed by atoms with van der Waals surface area (Å²) in [5.41, 5.74) is 0. The lowest BCUT2D eigenvalue weighted by Gasteiger charge is -2.02. The van der Waals surface area contributed by atoms with E-state index in [2.05, 4.69) is 16.5 Å². The molecule has 0 saturated heterocycles. The van der Waals surface area contributed by atoms with Crippen molar-refractivity contribution in [2.45, 2.75) is 26.3 Å². The van der Waals surface area contributed by atoms with Crippen LogP contribution in [0.2, 0.25) is 0 Å². The zero-order valence-corrected chi connectivity index (χ0v) is 7.57. The van der Waals surface area contributed by atoms with Crippen LogP contribution in [0.5, 0.6) is 0 Å². The summed E-state index contributed by atoms with van der Waals surface area (Å²) < 4.78 is 7.41. The Morgan fingerprint density at radius 1 is 1.42 bits per heavy atom. The van der Waals surface area contributed by atoms with E-state index < -0.39 is 0 Å². The molecule has 1 rings (SSSR count). The molecule has 0 fully saturated rings. The predicted octanol–water partition coefficient (Wildman–Crippen LogP) is 1.70. The summed E-state index contributed by atoms with van der Waals surface area (Å²) >= 11 is 0. The molecule has 68 valence electrons. The highest BCUT2D eigenvalue weighted by molar-refractivity contribution is 4.73. The molecule has 0 bridgehead atoms. The van der Waals surface area contributed by atoms with E-state index in [-0.39, 0.29) is 0 Å². The molecule has 0 aliphatic rings. The van der Waals surface area contributed by atoms with Crippen molar-refractivity contribution in [3.8, 4) is 0 Å². The molecule has 0 radical (unpaired) electrons. The van der Waals surface area contributed by atoms with E-state index in [0.717, 1.165) is 32.6 Å². The molecule has 0 saturated carbocycles. The van der Waals surface area contributed by atoms with Gasteiger partial charge in [0.05, 0.1) is 6.33 Å². The Hall–Kier alpha value is -0.830. The van der Waals surface area contributed by atoms with Crippen molar-refractivity contribution in [2.75, 3.05) is 13.2 Å². The van der Waals surface area contributed by atoms with Crippen molar-refractivity contribution in [3.63, 3.8) is 0 Å². The first-order valence-corrected chi connectivity index (χ1v) is 4.47. The van der Waals surface area contributed by atoms with Gasteiger partial charge in [0, 0.05) is 32.2 Å². The predicted molar refractivity (Wildman–Crippen MR) is 48.0 cm³/mol. The number of imidazole rings is 1. The van der Waals surface area contributed by atoms with Gasteiger partial charge in [-0.05, 0) is 12.8 Å². The summed E-state index contributed by atoms with van der Waals surface area (Å²) in [5.74, 6) is 0. The summed E-state index contributed by atoms with van der Waals surface area (Å²) in [6.07, 6.45) is 7.77. The molecule has 0 amide bonds. The number of aromatic nitrogens is 2. The van der Waals surface area contributed by atoms with E-state index in [1.54, 1.807) is 6.20 Å². The maximum absolute atomic E-state index is 5.35. The quantitative estimate of drug-likeness (QED) is 0.604. The number of nitrogens with zero attached hydrogens (tertiary/aromatic N) is 2. The van der Waals surface area contributed by atoms with E-state index in [4.69, 9.17) is 4.74 Å². The summed E-state index contributed by atoms with van der Waals surface area (Å²) in [7, 11) is 0. The molecular formula is C9H16N2O. The SMILES string of the molecule is CCCOCCCn1ccnc1. The Bertz CT molecular complexity index is 184. The number of hydrogen-bond donors (Lipinski definition) is 0. The number of hydrogen-bond acceptors (Lipinski definition) is 2. The maximum atomic E-state index is 5.35. The van der Waals surface area contributed by atoms with Gasteiger partial charge in [0.2, 0.25) is 0 Å². The minimum Gasteiger partial charge on any atom is -0.381 e. The molecule has 12 heavy (non-hydrogen) atoms. The molecule has 0 aliphatic carbocycles. The van der Waals surface area contributed by atoms with Crippen LogP contribution in [0.1, 0.15) is 19.8 Å². The molecule has 3 nitrogen and oxygen atoms in total. The van der Waals surface area contributed by atoms with Crippen molar-refractivity contribution in [1.29, 1.82) is 0 Å². The number of rotatable bonds is 6. The van der Waals surface area contributed by atoms with E-state index in [1.807, 2.05) is 12.5 Å². The van der Waals surface area contributed by atoms with E-state index in [0.29, 0.717) is 0 Å². The van der Waals surface area contributed by atoms with Crippen molar-refractivity contribution in [1.82, 2.24) is 9.55 Å². The molecule has 0 aromatic carbocycles. The van der Waals surface area contributed by atoms with Gasteiger partial charge in [-0.15, -0.1) is 0 Å². The highest BCUT2D eigenvalue weighted by Crippen LogP contribution is 1.91. The monoisotopic (exact) mass is 168 g/mol. The van der Waals surface area contributed by atoms with Gasteiger partial charge in [-0.3, -0.25) is 0 Å². The van der Waals surface area contributed by atoms with Crippen LogP contribution in [0.15, 0.2) is 18.7 Å².